The molecule has 200 valence electrons. The zero-order chi connectivity index (χ0) is 28.2. The van der Waals surface area contributed by atoms with Crippen molar-refractivity contribution in [3.8, 4) is 0 Å². The van der Waals surface area contributed by atoms with Gasteiger partial charge in [-0.3, -0.25) is 19.0 Å². The van der Waals surface area contributed by atoms with Crippen molar-refractivity contribution in [2.45, 2.75) is 53.0 Å². The van der Waals surface area contributed by atoms with Crippen molar-refractivity contribution < 1.29 is 19.1 Å². The van der Waals surface area contributed by atoms with E-state index in [0.717, 1.165) is 27.4 Å². The van der Waals surface area contributed by atoms with Crippen LogP contribution in [0.3, 0.4) is 0 Å². The maximum Gasteiger partial charge on any atom is 0.338 e. The second kappa shape index (κ2) is 9.57. The number of carbonyl (C=O) groups excluding carboxylic acids is 3. The summed E-state index contributed by atoms with van der Waals surface area (Å²) < 4.78 is 7.01. The Hall–Kier alpha value is -4.11. The summed E-state index contributed by atoms with van der Waals surface area (Å²) in [6, 6.07) is 13.9. The lowest BCUT2D eigenvalue weighted by Crippen LogP contribution is -2.41. The van der Waals surface area contributed by atoms with Gasteiger partial charge in [0, 0.05) is 12.5 Å². The molecule has 0 fully saturated rings. The normalized spacial score (nSPS) is 18.1. The molecule has 0 radical (unpaired) electrons. The third-order valence-electron chi connectivity index (χ3n) is 6.96. The molecule has 0 saturated heterocycles. The molecule has 0 spiro atoms. The maximum atomic E-state index is 14.1. The topological polar surface area (TPSA) is 98.0 Å². The van der Waals surface area contributed by atoms with Gasteiger partial charge in [-0.1, -0.05) is 74.6 Å². The molecule has 39 heavy (non-hydrogen) atoms. The molecule has 0 saturated carbocycles. The predicted octanol–water partition coefficient (Wildman–Crippen LogP) is 3.36. The van der Waals surface area contributed by atoms with Gasteiger partial charge in [0.2, 0.25) is 5.91 Å². The Morgan fingerprint density at radius 3 is 2.33 bits per heavy atom. The van der Waals surface area contributed by atoms with Crippen LogP contribution >= 0.6 is 11.3 Å². The van der Waals surface area contributed by atoms with Gasteiger partial charge in [-0.05, 0) is 36.5 Å². The first-order chi connectivity index (χ1) is 18.5. The number of amides is 2. The van der Waals surface area contributed by atoms with E-state index >= 15 is 0 Å². The lowest BCUT2D eigenvalue weighted by Gasteiger charge is -2.26. The van der Waals surface area contributed by atoms with Crippen LogP contribution in [0, 0.1) is 0 Å². The van der Waals surface area contributed by atoms with Crippen LogP contribution in [-0.2, 0) is 24.5 Å². The zero-order valence-electron chi connectivity index (χ0n) is 22.7. The first kappa shape index (κ1) is 26.5. The largest absolute Gasteiger partial charge is 0.463 e. The van der Waals surface area contributed by atoms with Gasteiger partial charge >= 0.3 is 5.97 Å². The molecule has 0 N–H and O–H groups in total. The summed E-state index contributed by atoms with van der Waals surface area (Å²) in [5, 5.41) is 0. The van der Waals surface area contributed by atoms with Gasteiger partial charge < -0.3 is 4.74 Å². The number of carbonyl (C=O) groups is 3. The third-order valence-corrected chi connectivity index (χ3v) is 8.01. The highest BCUT2D eigenvalue weighted by Gasteiger charge is 2.38. The number of para-hydroxylation sites is 1. The number of nitrogens with zero attached hydrogens (tertiary/aromatic N) is 3. The highest BCUT2D eigenvalue weighted by Crippen LogP contribution is 2.36. The highest BCUT2D eigenvalue weighted by atomic mass is 32.1. The fourth-order valence-corrected chi connectivity index (χ4v) is 6.21. The van der Waals surface area contributed by atoms with E-state index in [4.69, 9.17) is 4.74 Å². The van der Waals surface area contributed by atoms with E-state index in [2.05, 4.69) is 25.8 Å². The van der Waals surface area contributed by atoms with Crippen molar-refractivity contribution in [3.05, 3.63) is 96.2 Å². The number of benzene rings is 2. The van der Waals surface area contributed by atoms with Gasteiger partial charge in [-0.15, -0.1) is 0 Å². The molecule has 9 heteroatoms. The van der Waals surface area contributed by atoms with Crippen molar-refractivity contribution in [2.75, 3.05) is 11.5 Å². The summed E-state index contributed by atoms with van der Waals surface area (Å²) in [7, 11) is 0. The van der Waals surface area contributed by atoms with Gasteiger partial charge in [0.15, 0.2) is 4.80 Å². The van der Waals surface area contributed by atoms with Gasteiger partial charge in [-0.2, -0.15) is 0 Å². The van der Waals surface area contributed by atoms with E-state index < -0.39 is 29.4 Å². The molecule has 0 bridgehead atoms. The van der Waals surface area contributed by atoms with Crippen LogP contribution in [-0.4, -0.2) is 29.0 Å². The lowest BCUT2D eigenvalue weighted by molar-refractivity contribution is -0.139. The fraction of sp³-hybridized carbons (Fsp3) is 0.300. The Bertz CT molecular complexity index is 1750. The molecular weight excluding hydrogens is 514 g/mol. The number of ether oxygens (including phenoxy) is 1. The average molecular weight is 544 g/mol. The average Bonchev–Trinajstić information content (AvgIpc) is 3.35. The van der Waals surface area contributed by atoms with Crippen LogP contribution in [0.15, 0.2) is 69.6 Å². The number of aromatic nitrogens is 1. The predicted molar refractivity (Wildman–Crippen MR) is 149 cm³/mol. The highest BCUT2D eigenvalue weighted by molar-refractivity contribution is 7.07. The molecule has 1 atom stereocenters. The second-order valence-corrected chi connectivity index (χ2v) is 11.5. The summed E-state index contributed by atoms with van der Waals surface area (Å²) in [6.07, 6.45) is 0. The molecule has 2 aromatic carbocycles. The minimum atomic E-state index is -0.792. The smallest absolute Gasteiger partial charge is 0.338 e. The molecule has 2 aliphatic heterocycles. The molecule has 5 rings (SSSR count). The number of imide groups is 1. The molecule has 0 aliphatic carbocycles. The molecular formula is C30H29N3O5S. The van der Waals surface area contributed by atoms with Crippen molar-refractivity contribution >= 4 is 40.4 Å². The molecule has 2 amide bonds. The van der Waals surface area contributed by atoms with E-state index in [1.807, 2.05) is 24.3 Å². The minimum absolute atomic E-state index is 0.0802. The summed E-state index contributed by atoms with van der Waals surface area (Å²) in [5.41, 5.74) is 3.12. The Labute approximate surface area is 229 Å². The summed E-state index contributed by atoms with van der Waals surface area (Å²) in [4.78, 5) is 59.2. The number of anilines is 1. The number of fused-ring (bicyclic) bond motifs is 2. The molecule has 3 heterocycles. The number of hydrogen-bond donors (Lipinski definition) is 0. The summed E-state index contributed by atoms with van der Waals surface area (Å²) in [5.74, 6) is -1.54. The van der Waals surface area contributed by atoms with Crippen LogP contribution in [0.2, 0.25) is 0 Å². The zero-order valence-corrected chi connectivity index (χ0v) is 23.5. The van der Waals surface area contributed by atoms with Gasteiger partial charge in [0.05, 0.1) is 35.2 Å². The van der Waals surface area contributed by atoms with Crippen LogP contribution in [0.1, 0.15) is 64.3 Å². The van der Waals surface area contributed by atoms with E-state index in [9.17, 15) is 19.2 Å². The van der Waals surface area contributed by atoms with Gasteiger partial charge in [0.1, 0.15) is 4.53 Å². The van der Waals surface area contributed by atoms with Gasteiger partial charge in [0.25, 0.3) is 11.5 Å². The number of allylic oxidation sites excluding steroid dienone is 1. The quantitative estimate of drug-likeness (QED) is 0.472. The summed E-state index contributed by atoms with van der Waals surface area (Å²) >= 11 is 1.08. The number of hydrogen-bond acceptors (Lipinski definition) is 7. The van der Waals surface area contributed by atoms with Crippen LogP contribution in [0.4, 0.5) is 5.69 Å². The first-order valence-electron chi connectivity index (χ1n) is 12.7. The molecule has 2 aliphatic rings. The van der Waals surface area contributed by atoms with Crippen LogP contribution in [0.25, 0.3) is 5.57 Å². The minimum Gasteiger partial charge on any atom is -0.463 e. The fourth-order valence-electron chi connectivity index (χ4n) is 5.07. The Kier molecular flexibility index (Phi) is 6.50. The van der Waals surface area contributed by atoms with E-state index in [0.29, 0.717) is 21.7 Å². The second-order valence-electron chi connectivity index (χ2n) is 10.5. The van der Waals surface area contributed by atoms with Crippen molar-refractivity contribution in [2.24, 2.45) is 4.99 Å². The standard InChI is InChI=1S/C30H29N3O5S/c1-7-38-28(37)22-16(2)31-29-33(24(22)18-12-14-19(15-13-18)30(4,5)6)27(36)25(39-29)23-20-10-8-9-11-21(20)32(17(3)34)26(23)35/h8-15,24H,7H2,1-6H3/b25-23-. The third kappa shape index (κ3) is 4.27. The van der Waals surface area contributed by atoms with Crippen LogP contribution in [0.5, 0.6) is 0 Å². The Morgan fingerprint density at radius 1 is 1.05 bits per heavy atom. The van der Waals surface area contributed by atoms with Crippen LogP contribution < -0.4 is 19.8 Å². The summed E-state index contributed by atoms with van der Waals surface area (Å²) in [6.45, 7) is 11.3. The maximum absolute atomic E-state index is 14.1. The number of esters is 1. The van der Waals surface area contributed by atoms with E-state index in [1.54, 1.807) is 38.1 Å². The SMILES string of the molecule is CCOC(=O)C1=C(C)N=c2s/c(=C3\C(=O)N(C(C)=O)c4ccccc43)c(=O)n2C1c1ccc(C(C)(C)C)cc1. The van der Waals surface area contributed by atoms with E-state index in [1.165, 1.54) is 11.5 Å². The Morgan fingerprint density at radius 2 is 1.72 bits per heavy atom. The monoisotopic (exact) mass is 543 g/mol. The van der Waals surface area contributed by atoms with Crippen molar-refractivity contribution in [3.63, 3.8) is 0 Å². The van der Waals surface area contributed by atoms with Crippen molar-refractivity contribution in [1.29, 1.82) is 0 Å². The number of thiazole rings is 1. The number of rotatable bonds is 3. The Balaban J connectivity index is 1.80. The molecule has 1 unspecified atom stereocenters. The van der Waals surface area contributed by atoms with Gasteiger partial charge in [-0.25, -0.2) is 14.7 Å². The molecule has 8 nitrogen and oxygen atoms in total. The van der Waals surface area contributed by atoms with Crippen molar-refractivity contribution in [1.82, 2.24) is 4.57 Å². The van der Waals surface area contributed by atoms with E-state index in [-0.39, 0.29) is 27.7 Å². The molecule has 3 aromatic rings. The first-order valence-corrected chi connectivity index (χ1v) is 13.5. The lowest BCUT2D eigenvalue weighted by atomic mass is 9.85. The molecule has 1 aromatic heterocycles.